The molecule has 0 unspecified atom stereocenters. The number of hydrogen-bond acceptors (Lipinski definition) is 4. The summed E-state index contributed by atoms with van der Waals surface area (Å²) in [5, 5.41) is 6.63. The number of carbonyl (C=O) groups is 1. The van der Waals surface area contributed by atoms with Gasteiger partial charge in [0.05, 0.1) is 12.8 Å². The van der Waals surface area contributed by atoms with Crippen LogP contribution in [-0.4, -0.2) is 51.8 Å². The van der Waals surface area contributed by atoms with Gasteiger partial charge in [0.2, 0.25) is 0 Å². The monoisotopic (exact) mass is 538 g/mol. The van der Waals surface area contributed by atoms with E-state index >= 15 is 0 Å². The van der Waals surface area contributed by atoms with Crippen molar-refractivity contribution < 1.29 is 14.3 Å². The zero-order valence-corrected chi connectivity index (χ0v) is 20.4. The first-order valence-corrected chi connectivity index (χ1v) is 10.4. The zero-order chi connectivity index (χ0) is 21.2. The number of ether oxygens (including phenoxy) is 2. The zero-order valence-electron chi connectivity index (χ0n) is 18.1. The van der Waals surface area contributed by atoms with E-state index in [4.69, 9.17) is 9.47 Å². The van der Waals surface area contributed by atoms with Crippen molar-refractivity contribution in [3.05, 3.63) is 54.1 Å². The molecule has 0 radical (unpaired) electrons. The number of methoxy groups -OCH3 is 1. The lowest BCUT2D eigenvalue weighted by Gasteiger charge is -2.29. The van der Waals surface area contributed by atoms with Crippen molar-refractivity contribution in [2.45, 2.75) is 19.8 Å². The van der Waals surface area contributed by atoms with Crippen LogP contribution in [0.15, 0.2) is 53.5 Å². The van der Waals surface area contributed by atoms with Crippen LogP contribution in [-0.2, 0) is 11.2 Å². The summed E-state index contributed by atoms with van der Waals surface area (Å²) in [5.74, 6) is 2.42. The maximum absolute atomic E-state index is 12.2. The topological polar surface area (TPSA) is 75.2 Å². The van der Waals surface area contributed by atoms with Crippen molar-refractivity contribution in [3.63, 3.8) is 0 Å². The molecule has 2 aromatic rings. The number of hydrogen-bond donors (Lipinski definition) is 2. The van der Waals surface area contributed by atoms with Gasteiger partial charge >= 0.3 is 0 Å². The molecule has 0 saturated heterocycles. The van der Waals surface area contributed by atoms with E-state index in [1.807, 2.05) is 49.4 Å². The van der Waals surface area contributed by atoms with Crippen molar-refractivity contribution in [1.29, 1.82) is 0 Å². The minimum Gasteiger partial charge on any atom is -0.496 e. The minimum absolute atomic E-state index is 0. The predicted molar refractivity (Wildman–Crippen MR) is 135 cm³/mol. The number of aliphatic imine (C=N–C) groups is 1. The van der Waals surface area contributed by atoms with Crippen LogP contribution < -0.4 is 25.0 Å². The Morgan fingerprint density at radius 1 is 1.16 bits per heavy atom. The first-order valence-electron chi connectivity index (χ1n) is 10.4. The molecule has 0 bridgehead atoms. The summed E-state index contributed by atoms with van der Waals surface area (Å²) in [6, 6.07) is 15.7. The molecule has 0 aromatic heterocycles. The molecule has 168 valence electrons. The summed E-state index contributed by atoms with van der Waals surface area (Å²) in [5.41, 5.74) is 1.99. The Kier molecular flexibility index (Phi) is 10.4. The third-order valence-corrected chi connectivity index (χ3v) is 4.84. The first-order chi connectivity index (χ1) is 14.7. The molecule has 7 nitrogen and oxygen atoms in total. The number of halogens is 1. The summed E-state index contributed by atoms with van der Waals surface area (Å²) >= 11 is 0. The normalized spacial score (nSPS) is 13.0. The third-order valence-electron chi connectivity index (χ3n) is 4.84. The van der Waals surface area contributed by atoms with Crippen LogP contribution in [0, 0.1) is 0 Å². The molecule has 2 N–H and O–H groups in total. The largest absolute Gasteiger partial charge is 0.496 e. The molecule has 0 spiro atoms. The fourth-order valence-electron chi connectivity index (χ4n) is 3.39. The van der Waals surface area contributed by atoms with Crippen molar-refractivity contribution in [2.24, 2.45) is 4.99 Å². The van der Waals surface area contributed by atoms with Crippen LogP contribution in [0.5, 0.6) is 11.5 Å². The Morgan fingerprint density at radius 3 is 2.74 bits per heavy atom. The molecule has 8 heteroatoms. The fraction of sp³-hybridized carbons (Fsp3) is 0.391. The molecule has 1 amide bonds. The van der Waals surface area contributed by atoms with E-state index in [2.05, 4.69) is 21.7 Å². The van der Waals surface area contributed by atoms with Crippen molar-refractivity contribution in [2.75, 3.05) is 44.8 Å². The number of rotatable bonds is 9. The van der Waals surface area contributed by atoms with Crippen LogP contribution in [0.1, 0.15) is 18.9 Å². The molecular formula is C23H31IN4O3. The van der Waals surface area contributed by atoms with Crippen LogP contribution in [0.3, 0.4) is 0 Å². The summed E-state index contributed by atoms with van der Waals surface area (Å²) < 4.78 is 10.9. The van der Waals surface area contributed by atoms with Gasteiger partial charge in [-0.2, -0.15) is 0 Å². The fourth-order valence-corrected chi connectivity index (χ4v) is 3.39. The predicted octanol–water partition coefficient (Wildman–Crippen LogP) is 3.23. The van der Waals surface area contributed by atoms with Gasteiger partial charge in [-0.15, -0.1) is 24.0 Å². The molecule has 31 heavy (non-hydrogen) atoms. The van der Waals surface area contributed by atoms with E-state index in [1.165, 1.54) is 0 Å². The van der Waals surface area contributed by atoms with Crippen LogP contribution in [0.2, 0.25) is 0 Å². The van der Waals surface area contributed by atoms with Gasteiger partial charge in [0.15, 0.2) is 12.6 Å². The number of fused-ring (bicyclic) bond motifs is 1. The summed E-state index contributed by atoms with van der Waals surface area (Å²) in [6.07, 6.45) is 1.61. The van der Waals surface area contributed by atoms with E-state index in [1.54, 1.807) is 12.0 Å². The van der Waals surface area contributed by atoms with Gasteiger partial charge < -0.3 is 25.0 Å². The molecule has 1 aliphatic rings. The lowest BCUT2D eigenvalue weighted by atomic mass is 10.1. The molecule has 0 fully saturated rings. The van der Waals surface area contributed by atoms with Gasteiger partial charge in [-0.05, 0) is 43.5 Å². The summed E-state index contributed by atoms with van der Waals surface area (Å²) in [4.78, 5) is 18.7. The summed E-state index contributed by atoms with van der Waals surface area (Å²) in [7, 11) is 1.69. The highest BCUT2D eigenvalue weighted by atomic mass is 127. The smallest absolute Gasteiger partial charge is 0.265 e. The molecular weight excluding hydrogens is 507 g/mol. The highest BCUT2D eigenvalue weighted by Crippen LogP contribution is 2.31. The van der Waals surface area contributed by atoms with Gasteiger partial charge in [-0.1, -0.05) is 30.3 Å². The number of anilines is 1. The Morgan fingerprint density at radius 2 is 1.94 bits per heavy atom. The Bertz CT molecular complexity index is 875. The Balaban J connectivity index is 0.00000341. The molecule has 0 atom stereocenters. The maximum Gasteiger partial charge on any atom is 0.265 e. The van der Waals surface area contributed by atoms with E-state index in [0.717, 1.165) is 54.6 Å². The number of carbonyl (C=O) groups excluding carboxylic acids is 1. The Hall–Kier alpha value is -2.49. The van der Waals surface area contributed by atoms with Crippen molar-refractivity contribution >= 4 is 41.5 Å². The number of para-hydroxylation sites is 3. The molecule has 3 rings (SSSR count). The van der Waals surface area contributed by atoms with E-state index < -0.39 is 0 Å². The van der Waals surface area contributed by atoms with E-state index in [9.17, 15) is 4.79 Å². The van der Waals surface area contributed by atoms with E-state index in [-0.39, 0.29) is 36.5 Å². The van der Waals surface area contributed by atoms with E-state index in [0.29, 0.717) is 13.1 Å². The highest BCUT2D eigenvalue weighted by Gasteiger charge is 2.24. The summed E-state index contributed by atoms with van der Waals surface area (Å²) in [6.45, 7) is 4.91. The lowest BCUT2D eigenvalue weighted by Crippen LogP contribution is -2.40. The third kappa shape index (κ3) is 7.02. The number of nitrogens with zero attached hydrogens (tertiary/aromatic N) is 2. The standard InChI is InChI=1S/C23H30N4O3.HI/c1-3-24-23(26-15-13-18-9-4-6-11-20(18)29-2)25-14-8-16-27-19-10-5-7-12-21(19)30-17-22(27)28;/h4-7,9-12H,3,8,13-17H2,1-2H3,(H2,24,25,26);1H. The maximum atomic E-state index is 12.2. The van der Waals surface area contributed by atoms with Crippen molar-refractivity contribution in [3.8, 4) is 11.5 Å². The van der Waals surface area contributed by atoms with Crippen LogP contribution in [0.4, 0.5) is 5.69 Å². The SMILES string of the molecule is CCNC(=NCCCN1C(=O)COc2ccccc21)NCCc1ccccc1OC.I. The first kappa shape index (κ1) is 24.8. The second-order valence-electron chi connectivity index (χ2n) is 6.90. The number of nitrogens with one attached hydrogen (secondary N) is 2. The number of amides is 1. The van der Waals surface area contributed by atoms with Gasteiger partial charge in [0.25, 0.3) is 5.91 Å². The molecule has 2 aromatic carbocycles. The van der Waals surface area contributed by atoms with Gasteiger partial charge in [-0.25, -0.2) is 0 Å². The molecule has 0 saturated carbocycles. The average molecular weight is 538 g/mol. The lowest BCUT2D eigenvalue weighted by molar-refractivity contribution is -0.121. The van der Waals surface area contributed by atoms with Gasteiger partial charge in [0, 0.05) is 26.2 Å². The van der Waals surface area contributed by atoms with Crippen molar-refractivity contribution in [1.82, 2.24) is 10.6 Å². The van der Waals surface area contributed by atoms with Gasteiger partial charge in [-0.3, -0.25) is 9.79 Å². The quantitative estimate of drug-likeness (QED) is 0.222. The second-order valence-corrected chi connectivity index (χ2v) is 6.90. The van der Waals surface area contributed by atoms with Crippen LogP contribution >= 0.6 is 24.0 Å². The molecule has 0 aliphatic carbocycles. The Labute approximate surface area is 201 Å². The number of benzene rings is 2. The van der Waals surface area contributed by atoms with Crippen LogP contribution in [0.25, 0.3) is 0 Å². The molecule has 1 heterocycles. The highest BCUT2D eigenvalue weighted by molar-refractivity contribution is 14.0. The minimum atomic E-state index is -0.0143. The average Bonchev–Trinajstić information content (AvgIpc) is 2.78. The molecule has 1 aliphatic heterocycles. The number of guanidine groups is 1. The van der Waals surface area contributed by atoms with Gasteiger partial charge in [0.1, 0.15) is 11.5 Å². The second kappa shape index (κ2) is 13.0.